The number of aliphatic hydroxyl groups is 1. The van der Waals surface area contributed by atoms with Gasteiger partial charge in [-0.15, -0.1) is 0 Å². The smallest absolute Gasteiger partial charge is 0.0595 e. The number of likely N-dealkylation sites (tertiary alicyclic amines) is 1. The van der Waals surface area contributed by atoms with Gasteiger partial charge in [0.15, 0.2) is 0 Å². The van der Waals surface area contributed by atoms with Crippen LogP contribution in [0.15, 0.2) is 30.3 Å². The Bertz CT molecular complexity index is 395. The zero-order chi connectivity index (χ0) is 13.1. The Morgan fingerprint density at radius 2 is 2.05 bits per heavy atom. The van der Waals surface area contributed by atoms with E-state index >= 15 is 0 Å². The van der Waals surface area contributed by atoms with E-state index in [-0.39, 0.29) is 6.10 Å². The maximum absolute atomic E-state index is 10.1. The van der Waals surface area contributed by atoms with Crippen LogP contribution in [0.4, 0.5) is 0 Å². The summed E-state index contributed by atoms with van der Waals surface area (Å²) in [6.45, 7) is 5.32. The third-order valence-corrected chi connectivity index (χ3v) is 4.65. The van der Waals surface area contributed by atoms with Gasteiger partial charge in [0.2, 0.25) is 0 Å². The van der Waals surface area contributed by atoms with Crippen molar-refractivity contribution in [3.05, 3.63) is 35.9 Å². The fourth-order valence-electron chi connectivity index (χ4n) is 3.55. The second-order valence-corrected chi connectivity index (χ2v) is 5.99. The van der Waals surface area contributed by atoms with Crippen molar-refractivity contribution >= 4 is 0 Å². The van der Waals surface area contributed by atoms with Gasteiger partial charge in [0.25, 0.3) is 0 Å². The van der Waals surface area contributed by atoms with Gasteiger partial charge >= 0.3 is 0 Å². The van der Waals surface area contributed by atoms with E-state index in [2.05, 4.69) is 40.5 Å². The molecule has 2 aliphatic rings. The van der Waals surface area contributed by atoms with Crippen molar-refractivity contribution < 1.29 is 5.11 Å². The van der Waals surface area contributed by atoms with Gasteiger partial charge in [-0.05, 0) is 37.4 Å². The molecule has 19 heavy (non-hydrogen) atoms. The van der Waals surface area contributed by atoms with E-state index in [0.29, 0.717) is 11.8 Å². The quantitative estimate of drug-likeness (QED) is 0.864. The van der Waals surface area contributed by atoms with Crippen LogP contribution in [0.25, 0.3) is 0 Å². The Morgan fingerprint density at radius 3 is 2.84 bits per heavy atom. The molecular formula is C16H24N2O. The summed E-state index contributed by atoms with van der Waals surface area (Å²) in [6.07, 6.45) is 2.05. The molecule has 1 aromatic carbocycles. The van der Waals surface area contributed by atoms with E-state index < -0.39 is 0 Å². The van der Waals surface area contributed by atoms with Gasteiger partial charge in [0.05, 0.1) is 6.10 Å². The molecule has 0 spiro atoms. The van der Waals surface area contributed by atoms with Crippen LogP contribution >= 0.6 is 0 Å². The minimum absolute atomic E-state index is 0.0945. The molecule has 1 aromatic rings. The predicted molar refractivity (Wildman–Crippen MR) is 76.8 cm³/mol. The topological polar surface area (TPSA) is 35.5 Å². The van der Waals surface area contributed by atoms with Gasteiger partial charge in [-0.2, -0.15) is 0 Å². The minimum atomic E-state index is -0.0945. The predicted octanol–water partition coefficient (Wildman–Crippen LogP) is 1.48. The van der Waals surface area contributed by atoms with E-state index in [9.17, 15) is 5.11 Å². The highest BCUT2D eigenvalue weighted by Crippen LogP contribution is 2.29. The zero-order valence-corrected chi connectivity index (χ0v) is 11.5. The molecular weight excluding hydrogens is 236 g/mol. The first-order chi connectivity index (χ1) is 9.33. The minimum Gasteiger partial charge on any atom is -0.393 e. The van der Waals surface area contributed by atoms with Crippen LogP contribution in [0.5, 0.6) is 0 Å². The van der Waals surface area contributed by atoms with Crippen molar-refractivity contribution in [2.75, 3.05) is 26.2 Å². The SMILES string of the molecule is OC1CCNCC1C1CCN(Cc2ccccc2)C1. The maximum atomic E-state index is 10.1. The number of nitrogens with one attached hydrogen (secondary N) is 1. The van der Waals surface area contributed by atoms with Crippen molar-refractivity contribution in [3.8, 4) is 0 Å². The fraction of sp³-hybridized carbons (Fsp3) is 0.625. The third kappa shape index (κ3) is 3.16. The summed E-state index contributed by atoms with van der Waals surface area (Å²) < 4.78 is 0. The number of benzene rings is 1. The van der Waals surface area contributed by atoms with Gasteiger partial charge in [-0.25, -0.2) is 0 Å². The lowest BCUT2D eigenvalue weighted by atomic mass is 9.83. The van der Waals surface area contributed by atoms with Crippen LogP contribution in [-0.2, 0) is 6.54 Å². The molecule has 2 fully saturated rings. The summed E-state index contributed by atoms with van der Waals surface area (Å²) in [7, 11) is 0. The third-order valence-electron chi connectivity index (χ3n) is 4.65. The Balaban J connectivity index is 1.55. The summed E-state index contributed by atoms with van der Waals surface area (Å²) in [4.78, 5) is 2.53. The van der Waals surface area contributed by atoms with E-state index in [1.807, 2.05) is 0 Å². The van der Waals surface area contributed by atoms with Crippen LogP contribution in [0.2, 0.25) is 0 Å². The molecule has 3 unspecified atom stereocenters. The molecule has 0 aromatic heterocycles. The van der Waals surface area contributed by atoms with Crippen LogP contribution in [0.1, 0.15) is 18.4 Å². The molecule has 0 amide bonds. The molecule has 2 aliphatic heterocycles. The number of piperidine rings is 1. The first-order valence-corrected chi connectivity index (χ1v) is 7.48. The Hall–Kier alpha value is -0.900. The lowest BCUT2D eigenvalue weighted by Gasteiger charge is -2.33. The first kappa shape index (κ1) is 13.1. The van der Waals surface area contributed by atoms with Crippen LogP contribution in [0, 0.1) is 11.8 Å². The monoisotopic (exact) mass is 260 g/mol. The summed E-state index contributed by atoms with van der Waals surface area (Å²) >= 11 is 0. The average Bonchev–Trinajstić information content (AvgIpc) is 2.89. The van der Waals surface area contributed by atoms with Crippen LogP contribution < -0.4 is 5.32 Å². The van der Waals surface area contributed by atoms with Crippen molar-refractivity contribution in [2.45, 2.75) is 25.5 Å². The average molecular weight is 260 g/mol. The Morgan fingerprint density at radius 1 is 1.21 bits per heavy atom. The van der Waals surface area contributed by atoms with Crippen molar-refractivity contribution in [2.24, 2.45) is 11.8 Å². The molecule has 0 bridgehead atoms. The molecule has 2 N–H and O–H groups in total. The number of aliphatic hydroxyl groups excluding tert-OH is 1. The van der Waals surface area contributed by atoms with Gasteiger partial charge in [-0.1, -0.05) is 30.3 Å². The van der Waals surface area contributed by atoms with Gasteiger partial charge in [0, 0.05) is 25.6 Å². The number of nitrogens with zero attached hydrogens (tertiary/aromatic N) is 1. The van der Waals surface area contributed by atoms with E-state index in [1.165, 1.54) is 18.5 Å². The highest BCUT2D eigenvalue weighted by molar-refractivity contribution is 5.14. The van der Waals surface area contributed by atoms with Crippen molar-refractivity contribution in [3.63, 3.8) is 0 Å². The largest absolute Gasteiger partial charge is 0.393 e. The van der Waals surface area contributed by atoms with E-state index in [4.69, 9.17) is 0 Å². The van der Waals surface area contributed by atoms with Crippen LogP contribution in [0.3, 0.4) is 0 Å². The summed E-state index contributed by atoms with van der Waals surface area (Å²) in [5.74, 6) is 1.11. The molecule has 3 heteroatoms. The Labute approximate surface area is 115 Å². The second kappa shape index (κ2) is 6.04. The summed E-state index contributed by atoms with van der Waals surface area (Å²) in [6, 6.07) is 10.7. The molecule has 0 saturated carbocycles. The lowest BCUT2D eigenvalue weighted by molar-refractivity contribution is 0.0478. The lowest BCUT2D eigenvalue weighted by Crippen LogP contribution is -2.44. The van der Waals surface area contributed by atoms with Crippen LogP contribution in [-0.4, -0.2) is 42.3 Å². The van der Waals surface area contributed by atoms with Gasteiger partial charge in [-0.3, -0.25) is 4.90 Å². The number of hydrogen-bond donors (Lipinski definition) is 2. The molecule has 0 radical (unpaired) electrons. The highest BCUT2D eigenvalue weighted by atomic mass is 16.3. The normalized spacial score (nSPS) is 32.6. The van der Waals surface area contributed by atoms with Gasteiger partial charge in [0.1, 0.15) is 0 Å². The Kier molecular flexibility index (Phi) is 4.16. The number of rotatable bonds is 3. The molecule has 2 heterocycles. The molecule has 3 atom stereocenters. The highest BCUT2D eigenvalue weighted by Gasteiger charge is 2.34. The maximum Gasteiger partial charge on any atom is 0.0595 e. The first-order valence-electron chi connectivity index (χ1n) is 7.48. The standard InChI is InChI=1S/C16H24N2O/c19-16-6-8-17-10-15(16)14-7-9-18(12-14)11-13-4-2-1-3-5-13/h1-5,14-17,19H,6-12H2. The molecule has 3 nitrogen and oxygen atoms in total. The fourth-order valence-corrected chi connectivity index (χ4v) is 3.55. The number of hydrogen-bond acceptors (Lipinski definition) is 3. The second-order valence-electron chi connectivity index (χ2n) is 5.99. The van der Waals surface area contributed by atoms with Crippen molar-refractivity contribution in [1.29, 1.82) is 0 Å². The molecule has 104 valence electrons. The molecule has 0 aliphatic carbocycles. The molecule has 3 rings (SSSR count). The summed E-state index contributed by atoms with van der Waals surface area (Å²) in [5.41, 5.74) is 1.39. The van der Waals surface area contributed by atoms with Crippen molar-refractivity contribution in [1.82, 2.24) is 10.2 Å². The molecule has 2 saturated heterocycles. The summed E-state index contributed by atoms with van der Waals surface area (Å²) in [5, 5.41) is 13.6. The van der Waals surface area contributed by atoms with Gasteiger partial charge < -0.3 is 10.4 Å². The van der Waals surface area contributed by atoms with E-state index in [0.717, 1.165) is 32.6 Å². The zero-order valence-electron chi connectivity index (χ0n) is 11.5. The van der Waals surface area contributed by atoms with E-state index in [1.54, 1.807) is 0 Å².